The van der Waals surface area contributed by atoms with Crippen molar-refractivity contribution in [2.75, 3.05) is 13.1 Å². The molecule has 1 aliphatic heterocycles. The van der Waals surface area contributed by atoms with Gasteiger partial charge >= 0.3 is 0 Å². The van der Waals surface area contributed by atoms with Gasteiger partial charge in [0, 0.05) is 9.50 Å². The van der Waals surface area contributed by atoms with Crippen molar-refractivity contribution >= 4 is 27.5 Å². The molecule has 1 aromatic carbocycles. The maximum absolute atomic E-state index is 6.10. The van der Waals surface area contributed by atoms with Crippen LogP contribution in [0.15, 0.2) is 22.7 Å². The minimum Gasteiger partial charge on any atom is -0.316 e. The molecule has 0 saturated carbocycles. The number of nitrogens with one attached hydrogen (secondary N) is 1. The van der Waals surface area contributed by atoms with Crippen molar-refractivity contribution in [2.45, 2.75) is 6.42 Å². The smallest absolute Gasteiger partial charge is 0.0449 e. The van der Waals surface area contributed by atoms with Crippen LogP contribution in [0.1, 0.15) is 5.56 Å². The van der Waals surface area contributed by atoms with Crippen LogP contribution in [-0.4, -0.2) is 13.1 Å². The molecule has 1 fully saturated rings. The maximum Gasteiger partial charge on any atom is 0.0449 e. The largest absolute Gasteiger partial charge is 0.316 e. The van der Waals surface area contributed by atoms with Gasteiger partial charge in [0.2, 0.25) is 0 Å². The molecule has 1 heterocycles. The highest BCUT2D eigenvalue weighted by molar-refractivity contribution is 9.10. The zero-order chi connectivity index (χ0) is 9.26. The Balaban J connectivity index is 2.17. The summed E-state index contributed by atoms with van der Waals surface area (Å²) in [5, 5.41) is 4.14. The first-order valence-electron chi connectivity index (χ1n) is 4.41. The highest BCUT2D eigenvalue weighted by atomic mass is 79.9. The molecule has 2 rings (SSSR count). The number of halogens is 2. The number of rotatable bonds is 2. The molecule has 1 nitrogen and oxygen atoms in total. The lowest BCUT2D eigenvalue weighted by Gasteiger charge is -2.27. The van der Waals surface area contributed by atoms with Crippen molar-refractivity contribution in [3.8, 4) is 0 Å². The first-order chi connectivity index (χ1) is 6.27. The summed E-state index contributed by atoms with van der Waals surface area (Å²) >= 11 is 9.63. The van der Waals surface area contributed by atoms with Crippen LogP contribution in [-0.2, 0) is 6.42 Å². The third-order valence-corrected chi connectivity index (χ3v) is 3.52. The zero-order valence-electron chi connectivity index (χ0n) is 7.19. The Hall–Kier alpha value is -0.0500. The van der Waals surface area contributed by atoms with Gasteiger partial charge in [0.15, 0.2) is 0 Å². The summed E-state index contributed by atoms with van der Waals surface area (Å²) in [6.45, 7) is 2.25. The van der Waals surface area contributed by atoms with Gasteiger partial charge in [0.05, 0.1) is 0 Å². The molecule has 0 bridgehead atoms. The van der Waals surface area contributed by atoms with Crippen molar-refractivity contribution < 1.29 is 0 Å². The van der Waals surface area contributed by atoms with Gasteiger partial charge in [-0.1, -0.05) is 33.6 Å². The second-order valence-electron chi connectivity index (χ2n) is 3.43. The average molecular weight is 261 g/mol. The predicted molar refractivity (Wildman–Crippen MR) is 59.2 cm³/mol. The van der Waals surface area contributed by atoms with Gasteiger partial charge in [-0.05, 0) is 43.1 Å². The van der Waals surface area contributed by atoms with E-state index in [9.17, 15) is 0 Å². The monoisotopic (exact) mass is 259 g/mol. The lowest BCUT2D eigenvalue weighted by atomic mass is 9.94. The number of benzene rings is 1. The van der Waals surface area contributed by atoms with Gasteiger partial charge in [-0.15, -0.1) is 0 Å². The van der Waals surface area contributed by atoms with E-state index >= 15 is 0 Å². The molecule has 0 atom stereocenters. The van der Waals surface area contributed by atoms with E-state index in [-0.39, 0.29) is 0 Å². The van der Waals surface area contributed by atoms with E-state index in [1.165, 1.54) is 5.56 Å². The predicted octanol–water partition coefficient (Wildman–Crippen LogP) is 2.86. The summed E-state index contributed by atoms with van der Waals surface area (Å²) in [7, 11) is 0. The Morgan fingerprint density at radius 2 is 2.23 bits per heavy atom. The Labute approximate surface area is 91.6 Å². The van der Waals surface area contributed by atoms with Crippen LogP contribution in [0.4, 0.5) is 0 Å². The molecule has 1 aromatic rings. The Kier molecular flexibility index (Phi) is 2.92. The van der Waals surface area contributed by atoms with Crippen LogP contribution in [0.3, 0.4) is 0 Å². The molecule has 1 saturated heterocycles. The molecule has 0 aromatic heterocycles. The minimum atomic E-state index is 0.760. The Morgan fingerprint density at radius 3 is 2.77 bits per heavy atom. The maximum atomic E-state index is 6.10. The van der Waals surface area contributed by atoms with E-state index in [1.54, 1.807) is 0 Å². The molecular formula is C10H11BrClN. The van der Waals surface area contributed by atoms with E-state index < -0.39 is 0 Å². The first-order valence-corrected chi connectivity index (χ1v) is 5.58. The Bertz CT molecular complexity index is 290. The van der Waals surface area contributed by atoms with Gasteiger partial charge in [0.1, 0.15) is 0 Å². The molecule has 0 unspecified atom stereocenters. The standard InChI is InChI=1S/C10H11BrClN/c11-9-2-1-3-10(12)8(9)4-7-5-13-6-7/h1-3,7,13H,4-6H2. The Morgan fingerprint density at radius 1 is 1.46 bits per heavy atom. The zero-order valence-corrected chi connectivity index (χ0v) is 9.53. The van der Waals surface area contributed by atoms with Crippen LogP contribution in [0.25, 0.3) is 0 Å². The van der Waals surface area contributed by atoms with Crippen LogP contribution in [0.2, 0.25) is 5.02 Å². The van der Waals surface area contributed by atoms with Crippen molar-refractivity contribution in [2.24, 2.45) is 5.92 Å². The number of hydrogen-bond donors (Lipinski definition) is 1. The first kappa shape index (κ1) is 9.50. The summed E-state index contributed by atoms with van der Waals surface area (Å²) < 4.78 is 1.13. The van der Waals surface area contributed by atoms with Gasteiger partial charge in [-0.2, -0.15) is 0 Å². The fourth-order valence-corrected chi connectivity index (χ4v) is 2.40. The van der Waals surface area contributed by atoms with Crippen molar-refractivity contribution in [3.63, 3.8) is 0 Å². The lowest BCUT2D eigenvalue weighted by molar-refractivity contribution is 0.346. The highest BCUT2D eigenvalue weighted by Crippen LogP contribution is 2.27. The molecule has 0 amide bonds. The SMILES string of the molecule is Clc1cccc(Br)c1CC1CNC1. The fourth-order valence-electron chi connectivity index (χ4n) is 1.51. The van der Waals surface area contributed by atoms with E-state index in [2.05, 4.69) is 21.2 Å². The number of hydrogen-bond acceptors (Lipinski definition) is 1. The van der Waals surface area contributed by atoms with Gasteiger partial charge in [0.25, 0.3) is 0 Å². The van der Waals surface area contributed by atoms with Gasteiger partial charge in [-0.3, -0.25) is 0 Å². The van der Waals surface area contributed by atoms with Crippen molar-refractivity contribution in [3.05, 3.63) is 33.3 Å². The van der Waals surface area contributed by atoms with E-state index in [0.717, 1.165) is 34.9 Å². The van der Waals surface area contributed by atoms with Crippen LogP contribution >= 0.6 is 27.5 Å². The summed E-state index contributed by atoms with van der Waals surface area (Å²) in [4.78, 5) is 0. The lowest BCUT2D eigenvalue weighted by Crippen LogP contribution is -2.43. The summed E-state index contributed by atoms with van der Waals surface area (Å²) in [5.41, 5.74) is 1.25. The summed E-state index contributed by atoms with van der Waals surface area (Å²) in [6, 6.07) is 5.97. The van der Waals surface area contributed by atoms with Gasteiger partial charge < -0.3 is 5.32 Å². The van der Waals surface area contributed by atoms with Crippen LogP contribution < -0.4 is 5.32 Å². The summed E-state index contributed by atoms with van der Waals surface area (Å²) in [5.74, 6) is 0.760. The average Bonchev–Trinajstić information content (AvgIpc) is 2.00. The quantitative estimate of drug-likeness (QED) is 0.862. The van der Waals surface area contributed by atoms with Crippen molar-refractivity contribution in [1.82, 2.24) is 5.32 Å². The van der Waals surface area contributed by atoms with Crippen LogP contribution in [0, 0.1) is 5.92 Å². The molecule has 70 valence electrons. The fraction of sp³-hybridized carbons (Fsp3) is 0.400. The topological polar surface area (TPSA) is 12.0 Å². The van der Waals surface area contributed by atoms with Crippen LogP contribution in [0.5, 0.6) is 0 Å². The van der Waals surface area contributed by atoms with Gasteiger partial charge in [-0.25, -0.2) is 0 Å². The third-order valence-electron chi connectivity index (χ3n) is 2.42. The highest BCUT2D eigenvalue weighted by Gasteiger charge is 2.19. The normalized spacial score (nSPS) is 17.1. The molecule has 1 N–H and O–H groups in total. The van der Waals surface area contributed by atoms with Crippen molar-refractivity contribution in [1.29, 1.82) is 0 Å². The summed E-state index contributed by atoms with van der Waals surface area (Å²) in [6.07, 6.45) is 1.08. The molecular weight excluding hydrogens is 249 g/mol. The molecule has 0 radical (unpaired) electrons. The van der Waals surface area contributed by atoms with E-state index in [0.29, 0.717) is 0 Å². The molecule has 1 aliphatic rings. The second kappa shape index (κ2) is 3.99. The minimum absolute atomic E-state index is 0.760. The van der Waals surface area contributed by atoms with E-state index in [4.69, 9.17) is 11.6 Å². The molecule has 13 heavy (non-hydrogen) atoms. The second-order valence-corrected chi connectivity index (χ2v) is 4.69. The third kappa shape index (κ3) is 2.06. The molecule has 0 spiro atoms. The van der Waals surface area contributed by atoms with E-state index in [1.807, 2.05) is 18.2 Å². The molecule has 3 heteroatoms. The molecule has 0 aliphatic carbocycles.